The van der Waals surface area contributed by atoms with Crippen LogP contribution in [0.5, 0.6) is 5.75 Å². The van der Waals surface area contributed by atoms with Gasteiger partial charge in [-0.2, -0.15) is 0 Å². The van der Waals surface area contributed by atoms with Crippen molar-refractivity contribution in [3.63, 3.8) is 0 Å². The van der Waals surface area contributed by atoms with E-state index in [1.807, 2.05) is 58.9 Å². The van der Waals surface area contributed by atoms with Gasteiger partial charge in [-0.1, -0.05) is 39.0 Å². The van der Waals surface area contributed by atoms with Crippen molar-refractivity contribution >= 4 is 5.78 Å². The molecule has 1 aromatic rings. The summed E-state index contributed by atoms with van der Waals surface area (Å²) < 4.78 is 35.8. The number of aliphatic hydroxyl groups is 2. The zero-order valence-corrected chi connectivity index (χ0v) is 25.6. The highest BCUT2D eigenvalue weighted by Gasteiger charge is 2.65. The van der Waals surface area contributed by atoms with Crippen LogP contribution < -0.4 is 4.74 Å². The largest absolute Gasteiger partial charge is 0.497 e. The van der Waals surface area contributed by atoms with E-state index in [2.05, 4.69) is 6.58 Å². The number of aliphatic hydroxyl groups excluding tert-OH is 1. The quantitative estimate of drug-likeness (QED) is 0.315. The standard InChI is InChI=1S/C32H48O9/c1-9-26(38-17-21-10-12-22(37-8)13-11-21)31(18-40-30(5,6)41-31)24-16-25(33)32(35)15-14-23(29(32,3)4)28(39-19-36-7)27(34)20(24)2/h9-13,20,23-26,28,33,35H,1,14-19H2,2-8H3/t20-,23-,24+,25+,26-,28-,31-,32-/m1/s1. The van der Waals surface area contributed by atoms with Crippen molar-refractivity contribution in [3.8, 4) is 5.75 Å². The number of ketones is 1. The Morgan fingerprint density at radius 2 is 1.83 bits per heavy atom. The Balaban J connectivity index is 1.75. The van der Waals surface area contributed by atoms with E-state index in [9.17, 15) is 15.0 Å². The summed E-state index contributed by atoms with van der Waals surface area (Å²) in [5.74, 6) is -1.88. The number of hydrogen-bond donors (Lipinski definition) is 2. The van der Waals surface area contributed by atoms with E-state index in [1.165, 1.54) is 7.11 Å². The number of fused-ring (bicyclic) bond motifs is 2. The van der Waals surface area contributed by atoms with Crippen molar-refractivity contribution in [2.24, 2.45) is 23.2 Å². The Morgan fingerprint density at radius 1 is 1.15 bits per heavy atom. The fraction of sp³-hybridized carbons (Fsp3) is 0.719. The summed E-state index contributed by atoms with van der Waals surface area (Å²) in [6.45, 7) is 13.7. The van der Waals surface area contributed by atoms with Gasteiger partial charge >= 0.3 is 0 Å². The van der Waals surface area contributed by atoms with Crippen LogP contribution in [0.1, 0.15) is 59.4 Å². The van der Waals surface area contributed by atoms with Crippen LogP contribution in [0.4, 0.5) is 0 Å². The van der Waals surface area contributed by atoms with Crippen molar-refractivity contribution in [2.75, 3.05) is 27.6 Å². The second-order valence-electron chi connectivity index (χ2n) is 12.9. The van der Waals surface area contributed by atoms with Crippen LogP contribution >= 0.6 is 0 Å². The van der Waals surface area contributed by atoms with Crippen LogP contribution in [0.25, 0.3) is 0 Å². The van der Waals surface area contributed by atoms with E-state index in [0.29, 0.717) is 12.8 Å². The van der Waals surface area contributed by atoms with Gasteiger partial charge in [0.15, 0.2) is 11.6 Å². The maximum atomic E-state index is 14.3. The molecule has 0 radical (unpaired) electrons. The average Bonchev–Trinajstić information content (AvgIpc) is 3.40. The summed E-state index contributed by atoms with van der Waals surface area (Å²) >= 11 is 0. The highest BCUT2D eigenvalue weighted by molar-refractivity contribution is 5.86. The minimum absolute atomic E-state index is 0.0562. The number of ether oxygens (including phenoxy) is 6. The van der Waals surface area contributed by atoms with Crippen molar-refractivity contribution in [1.82, 2.24) is 0 Å². The molecule has 9 nitrogen and oxygen atoms in total. The zero-order chi connectivity index (χ0) is 30.2. The van der Waals surface area contributed by atoms with E-state index in [1.54, 1.807) is 13.2 Å². The Bertz CT molecular complexity index is 1070. The Kier molecular flexibility index (Phi) is 9.41. The van der Waals surface area contributed by atoms with Crippen LogP contribution in [0, 0.1) is 23.2 Å². The van der Waals surface area contributed by atoms with Gasteiger partial charge in [-0.3, -0.25) is 4.79 Å². The minimum Gasteiger partial charge on any atom is -0.497 e. The van der Waals surface area contributed by atoms with Gasteiger partial charge in [-0.05, 0) is 50.8 Å². The molecular formula is C32H48O9. The zero-order valence-electron chi connectivity index (χ0n) is 25.6. The molecule has 9 heteroatoms. The Morgan fingerprint density at radius 3 is 2.39 bits per heavy atom. The molecule has 3 aliphatic rings. The molecule has 0 aromatic heterocycles. The number of Topliss-reactive ketones (excluding diaryl/α,β-unsaturated/α-hetero) is 1. The van der Waals surface area contributed by atoms with Crippen LogP contribution in [0.2, 0.25) is 0 Å². The molecule has 8 atom stereocenters. The normalized spacial score (nSPS) is 37.2. The van der Waals surface area contributed by atoms with Crippen molar-refractivity contribution in [1.29, 1.82) is 0 Å². The highest BCUT2D eigenvalue weighted by Crippen LogP contribution is 2.57. The van der Waals surface area contributed by atoms with E-state index >= 15 is 0 Å². The lowest BCUT2D eigenvalue weighted by Crippen LogP contribution is -2.58. The summed E-state index contributed by atoms with van der Waals surface area (Å²) in [6, 6.07) is 7.57. The predicted molar refractivity (Wildman–Crippen MR) is 152 cm³/mol. The first-order chi connectivity index (χ1) is 19.3. The number of carbonyl (C=O) groups excluding carboxylic acids is 1. The van der Waals surface area contributed by atoms with E-state index in [-0.39, 0.29) is 38.1 Å². The number of benzene rings is 1. The maximum absolute atomic E-state index is 14.3. The number of methoxy groups -OCH3 is 2. The first kappa shape index (κ1) is 32.1. The fourth-order valence-electron chi connectivity index (χ4n) is 7.42. The van der Waals surface area contributed by atoms with Crippen molar-refractivity contribution in [2.45, 2.75) is 95.8 Å². The lowest BCUT2D eigenvalue weighted by atomic mass is 9.67. The van der Waals surface area contributed by atoms with Crippen LogP contribution in [0.15, 0.2) is 36.9 Å². The van der Waals surface area contributed by atoms with Gasteiger partial charge in [0.05, 0.1) is 32.0 Å². The molecule has 2 bridgehead atoms. The third-order valence-electron chi connectivity index (χ3n) is 9.96. The average molecular weight is 577 g/mol. The molecule has 3 fully saturated rings. The molecule has 2 aliphatic carbocycles. The molecule has 1 heterocycles. The van der Waals surface area contributed by atoms with Gasteiger partial charge in [0.1, 0.15) is 30.4 Å². The molecule has 4 rings (SSSR count). The molecule has 41 heavy (non-hydrogen) atoms. The van der Waals surface area contributed by atoms with Crippen LogP contribution in [-0.4, -0.2) is 78.9 Å². The maximum Gasteiger partial charge on any atom is 0.165 e. The van der Waals surface area contributed by atoms with Gasteiger partial charge in [0, 0.05) is 30.3 Å². The molecule has 2 N–H and O–H groups in total. The summed E-state index contributed by atoms with van der Waals surface area (Å²) in [5, 5.41) is 23.8. The van der Waals surface area contributed by atoms with Gasteiger partial charge < -0.3 is 38.6 Å². The third-order valence-corrected chi connectivity index (χ3v) is 9.96. The first-order valence-electron chi connectivity index (χ1n) is 14.5. The second kappa shape index (κ2) is 12.0. The Hall–Kier alpha value is -1.85. The molecule has 2 saturated carbocycles. The molecule has 230 valence electrons. The molecule has 1 aromatic carbocycles. The molecule has 0 spiro atoms. The van der Waals surface area contributed by atoms with Gasteiger partial charge in [-0.15, -0.1) is 6.58 Å². The van der Waals surface area contributed by atoms with E-state index in [0.717, 1.165) is 11.3 Å². The van der Waals surface area contributed by atoms with Gasteiger partial charge in [0.2, 0.25) is 0 Å². The minimum atomic E-state index is -1.43. The van der Waals surface area contributed by atoms with Crippen LogP contribution in [-0.2, 0) is 35.1 Å². The summed E-state index contributed by atoms with van der Waals surface area (Å²) in [6.07, 6.45) is 0.0349. The first-order valence-corrected chi connectivity index (χ1v) is 14.5. The second-order valence-corrected chi connectivity index (χ2v) is 12.9. The lowest BCUT2D eigenvalue weighted by Gasteiger charge is -2.46. The van der Waals surface area contributed by atoms with Crippen LogP contribution in [0.3, 0.4) is 0 Å². The number of rotatable bonds is 10. The van der Waals surface area contributed by atoms with Crippen molar-refractivity contribution in [3.05, 3.63) is 42.5 Å². The molecule has 0 unspecified atom stereocenters. The van der Waals surface area contributed by atoms with E-state index < -0.39 is 52.6 Å². The lowest BCUT2D eigenvalue weighted by molar-refractivity contribution is -0.217. The predicted octanol–water partition coefficient (Wildman–Crippen LogP) is 4.03. The Labute approximate surface area is 244 Å². The SMILES string of the molecule is C=C[C@@H](OCc1ccc(OC)cc1)[C@]1([C@H]2C[C@H](O)[C@]3(O)CC[C@H]([C@@H](OCOC)C(=O)[C@@H]2C)C3(C)C)COC(C)(C)O1. The fourth-order valence-corrected chi connectivity index (χ4v) is 7.42. The highest BCUT2D eigenvalue weighted by atomic mass is 16.8. The van der Waals surface area contributed by atoms with E-state index in [4.69, 9.17) is 28.4 Å². The topological polar surface area (TPSA) is 113 Å². The molecule has 0 amide bonds. The smallest absolute Gasteiger partial charge is 0.165 e. The monoisotopic (exact) mass is 576 g/mol. The number of hydrogen-bond acceptors (Lipinski definition) is 9. The van der Waals surface area contributed by atoms with Gasteiger partial charge in [0.25, 0.3) is 0 Å². The van der Waals surface area contributed by atoms with Crippen molar-refractivity contribution < 1.29 is 43.4 Å². The summed E-state index contributed by atoms with van der Waals surface area (Å²) in [7, 11) is 3.13. The third kappa shape index (κ3) is 5.75. The summed E-state index contributed by atoms with van der Waals surface area (Å²) in [4.78, 5) is 14.3. The molecular weight excluding hydrogens is 528 g/mol. The molecule has 1 saturated heterocycles. The molecule has 1 aliphatic heterocycles. The number of carbonyl (C=O) groups is 1. The van der Waals surface area contributed by atoms with Gasteiger partial charge in [-0.25, -0.2) is 0 Å². The summed E-state index contributed by atoms with van der Waals surface area (Å²) in [5.41, 5.74) is -2.48.